The van der Waals surface area contributed by atoms with Crippen molar-refractivity contribution in [1.29, 1.82) is 0 Å². The monoisotopic (exact) mass is 348 g/mol. The number of benzene rings is 2. The first-order valence-electron chi connectivity index (χ1n) is 7.00. The number of rotatable bonds is 6. The van der Waals surface area contributed by atoms with Crippen LogP contribution in [-0.4, -0.2) is 13.7 Å². The Labute approximate surface area is 134 Å². The van der Waals surface area contributed by atoms with E-state index in [4.69, 9.17) is 10.5 Å². The van der Waals surface area contributed by atoms with Crippen molar-refractivity contribution in [1.82, 2.24) is 5.32 Å². The van der Waals surface area contributed by atoms with Crippen LogP contribution in [0.5, 0.6) is 5.75 Å². The molecule has 0 saturated heterocycles. The van der Waals surface area contributed by atoms with Crippen LogP contribution in [0.25, 0.3) is 0 Å². The van der Waals surface area contributed by atoms with Crippen LogP contribution in [0.1, 0.15) is 30.1 Å². The fourth-order valence-electron chi connectivity index (χ4n) is 2.34. The predicted octanol–water partition coefficient (Wildman–Crippen LogP) is 3.81. The van der Waals surface area contributed by atoms with Crippen LogP contribution < -0.4 is 15.8 Å². The molecule has 0 radical (unpaired) electrons. The summed E-state index contributed by atoms with van der Waals surface area (Å²) in [6.45, 7) is 2.69. The third-order valence-electron chi connectivity index (χ3n) is 3.56. The SMILES string of the molecule is COc1ccc(C(CN)NC(C)c2ccccc2)cc1Br. The molecule has 3 N–H and O–H groups in total. The van der Waals surface area contributed by atoms with Crippen molar-refractivity contribution in [3.05, 3.63) is 64.1 Å². The quantitative estimate of drug-likeness (QED) is 0.834. The van der Waals surface area contributed by atoms with E-state index >= 15 is 0 Å². The number of ether oxygens (including phenoxy) is 1. The number of halogens is 1. The Balaban J connectivity index is 2.14. The second-order valence-electron chi connectivity index (χ2n) is 4.98. The minimum Gasteiger partial charge on any atom is -0.496 e. The van der Waals surface area contributed by atoms with Crippen LogP contribution in [0.3, 0.4) is 0 Å². The maximum Gasteiger partial charge on any atom is 0.133 e. The van der Waals surface area contributed by atoms with Crippen LogP contribution in [0.2, 0.25) is 0 Å². The van der Waals surface area contributed by atoms with E-state index in [1.54, 1.807) is 7.11 Å². The molecule has 0 amide bonds. The maximum atomic E-state index is 5.94. The molecule has 2 rings (SSSR count). The van der Waals surface area contributed by atoms with Gasteiger partial charge >= 0.3 is 0 Å². The molecule has 0 saturated carbocycles. The minimum atomic E-state index is 0.0995. The highest BCUT2D eigenvalue weighted by Crippen LogP contribution is 2.28. The average Bonchev–Trinajstić information content (AvgIpc) is 2.53. The standard InChI is InChI=1S/C17H21BrN2O/c1-12(13-6-4-3-5-7-13)20-16(11-19)14-8-9-17(21-2)15(18)10-14/h3-10,12,16,20H,11,19H2,1-2H3. The highest BCUT2D eigenvalue weighted by molar-refractivity contribution is 9.10. The van der Waals surface area contributed by atoms with Crippen molar-refractivity contribution in [2.75, 3.05) is 13.7 Å². The lowest BCUT2D eigenvalue weighted by molar-refractivity contribution is 0.411. The van der Waals surface area contributed by atoms with Gasteiger partial charge in [-0.2, -0.15) is 0 Å². The summed E-state index contributed by atoms with van der Waals surface area (Å²) in [4.78, 5) is 0. The minimum absolute atomic E-state index is 0.0995. The summed E-state index contributed by atoms with van der Waals surface area (Å²) < 4.78 is 6.21. The molecule has 3 nitrogen and oxygen atoms in total. The van der Waals surface area contributed by atoms with E-state index in [0.717, 1.165) is 15.8 Å². The van der Waals surface area contributed by atoms with E-state index in [2.05, 4.69) is 58.5 Å². The summed E-state index contributed by atoms with van der Waals surface area (Å²) in [6.07, 6.45) is 0. The Morgan fingerprint density at radius 3 is 2.43 bits per heavy atom. The Morgan fingerprint density at radius 2 is 1.86 bits per heavy atom. The van der Waals surface area contributed by atoms with Crippen LogP contribution in [-0.2, 0) is 0 Å². The van der Waals surface area contributed by atoms with Gasteiger partial charge in [0.15, 0.2) is 0 Å². The number of nitrogens with two attached hydrogens (primary N) is 1. The topological polar surface area (TPSA) is 47.3 Å². The lowest BCUT2D eigenvalue weighted by Crippen LogP contribution is -2.30. The Bertz CT molecular complexity index is 574. The van der Waals surface area contributed by atoms with Crippen LogP contribution >= 0.6 is 15.9 Å². The molecule has 0 aromatic heterocycles. The molecule has 2 atom stereocenters. The van der Waals surface area contributed by atoms with Gasteiger partial charge in [-0.15, -0.1) is 0 Å². The van der Waals surface area contributed by atoms with Crippen molar-refractivity contribution in [3.8, 4) is 5.75 Å². The molecule has 0 aliphatic rings. The largest absolute Gasteiger partial charge is 0.496 e. The first kappa shape index (κ1) is 16.0. The van der Waals surface area contributed by atoms with E-state index in [-0.39, 0.29) is 12.1 Å². The predicted molar refractivity (Wildman–Crippen MR) is 90.5 cm³/mol. The van der Waals surface area contributed by atoms with Gasteiger partial charge < -0.3 is 15.8 Å². The van der Waals surface area contributed by atoms with Crippen molar-refractivity contribution >= 4 is 15.9 Å². The van der Waals surface area contributed by atoms with E-state index in [9.17, 15) is 0 Å². The summed E-state index contributed by atoms with van der Waals surface area (Å²) in [5.41, 5.74) is 8.34. The van der Waals surface area contributed by atoms with Crippen molar-refractivity contribution in [3.63, 3.8) is 0 Å². The van der Waals surface area contributed by atoms with Crippen LogP contribution in [0.4, 0.5) is 0 Å². The average molecular weight is 349 g/mol. The Morgan fingerprint density at radius 1 is 1.14 bits per heavy atom. The molecule has 112 valence electrons. The smallest absolute Gasteiger partial charge is 0.133 e. The Hall–Kier alpha value is -1.36. The van der Waals surface area contributed by atoms with Gasteiger partial charge in [0.05, 0.1) is 11.6 Å². The zero-order chi connectivity index (χ0) is 15.2. The summed E-state index contributed by atoms with van der Waals surface area (Å²) in [5.74, 6) is 0.825. The second kappa shape index (κ2) is 7.59. The summed E-state index contributed by atoms with van der Waals surface area (Å²) in [5, 5.41) is 3.58. The van der Waals surface area contributed by atoms with E-state index in [1.807, 2.05) is 18.2 Å². The van der Waals surface area contributed by atoms with Gasteiger partial charge in [-0.1, -0.05) is 36.4 Å². The molecule has 0 aliphatic heterocycles. The molecule has 0 heterocycles. The second-order valence-corrected chi connectivity index (χ2v) is 5.84. The molecule has 2 aromatic rings. The maximum absolute atomic E-state index is 5.94. The van der Waals surface area contributed by atoms with Crippen molar-refractivity contribution in [2.24, 2.45) is 5.73 Å². The summed E-state index contributed by atoms with van der Waals surface area (Å²) in [7, 11) is 1.66. The zero-order valence-electron chi connectivity index (χ0n) is 12.3. The zero-order valence-corrected chi connectivity index (χ0v) is 13.9. The highest BCUT2D eigenvalue weighted by atomic mass is 79.9. The third-order valence-corrected chi connectivity index (χ3v) is 4.18. The Kier molecular flexibility index (Phi) is 5.79. The van der Waals surface area contributed by atoms with Gasteiger partial charge in [-0.3, -0.25) is 0 Å². The first-order valence-corrected chi connectivity index (χ1v) is 7.79. The van der Waals surface area contributed by atoms with Crippen LogP contribution in [0.15, 0.2) is 53.0 Å². The molecule has 0 spiro atoms. The molecular weight excluding hydrogens is 328 g/mol. The normalized spacial score (nSPS) is 13.7. The van der Waals surface area contributed by atoms with Gasteiger partial charge in [-0.25, -0.2) is 0 Å². The molecular formula is C17H21BrN2O. The molecule has 2 unspecified atom stereocenters. The fraction of sp³-hybridized carbons (Fsp3) is 0.294. The number of methoxy groups -OCH3 is 1. The van der Waals surface area contributed by atoms with E-state index < -0.39 is 0 Å². The first-order chi connectivity index (χ1) is 10.2. The summed E-state index contributed by atoms with van der Waals surface area (Å²) >= 11 is 3.52. The van der Waals surface area contributed by atoms with Gasteiger partial charge in [0, 0.05) is 18.6 Å². The highest BCUT2D eigenvalue weighted by Gasteiger charge is 2.15. The number of hydrogen-bond acceptors (Lipinski definition) is 3. The molecule has 0 aliphatic carbocycles. The number of nitrogens with one attached hydrogen (secondary N) is 1. The molecule has 21 heavy (non-hydrogen) atoms. The van der Waals surface area contributed by atoms with Crippen molar-refractivity contribution < 1.29 is 4.74 Å². The van der Waals surface area contributed by atoms with Gasteiger partial charge in [0.2, 0.25) is 0 Å². The lowest BCUT2D eigenvalue weighted by atomic mass is 10.0. The summed E-state index contributed by atoms with van der Waals surface area (Å²) in [6, 6.07) is 16.8. The van der Waals surface area contributed by atoms with E-state index in [1.165, 1.54) is 5.56 Å². The molecule has 0 bridgehead atoms. The van der Waals surface area contributed by atoms with Gasteiger partial charge in [-0.05, 0) is 46.1 Å². The molecule has 4 heteroatoms. The van der Waals surface area contributed by atoms with Gasteiger partial charge in [0.25, 0.3) is 0 Å². The van der Waals surface area contributed by atoms with Crippen molar-refractivity contribution in [2.45, 2.75) is 19.0 Å². The molecule has 0 fully saturated rings. The fourth-order valence-corrected chi connectivity index (χ4v) is 2.90. The third kappa shape index (κ3) is 4.06. The lowest BCUT2D eigenvalue weighted by Gasteiger charge is -2.23. The number of hydrogen-bond donors (Lipinski definition) is 2. The van der Waals surface area contributed by atoms with Gasteiger partial charge in [0.1, 0.15) is 5.75 Å². The molecule has 2 aromatic carbocycles. The van der Waals surface area contributed by atoms with Crippen LogP contribution in [0, 0.1) is 0 Å². The van der Waals surface area contributed by atoms with E-state index in [0.29, 0.717) is 6.54 Å².